The highest BCUT2D eigenvalue weighted by Gasteiger charge is 2.14. The fourth-order valence-corrected chi connectivity index (χ4v) is 3.72. The molecule has 0 radical (unpaired) electrons. The van der Waals surface area contributed by atoms with Crippen LogP contribution in [0.3, 0.4) is 0 Å². The Hall–Kier alpha value is -2.91. The van der Waals surface area contributed by atoms with Crippen LogP contribution in [0.15, 0.2) is 91.0 Å². The zero-order valence-corrected chi connectivity index (χ0v) is 16.0. The molecule has 4 aromatic rings. The summed E-state index contributed by atoms with van der Waals surface area (Å²) in [5.74, 6) is 0. The predicted octanol–water partition coefficient (Wildman–Crippen LogP) is 5.78. The summed E-state index contributed by atoms with van der Waals surface area (Å²) < 4.78 is 3.03. The highest BCUT2D eigenvalue weighted by Crippen LogP contribution is 2.20. The summed E-state index contributed by atoms with van der Waals surface area (Å²) in [5, 5.41) is 0. The van der Waals surface area contributed by atoms with Gasteiger partial charge in [-0.1, -0.05) is 91.0 Å². The molecule has 0 amide bonds. The Labute approximate surface area is 165 Å². The lowest BCUT2D eigenvalue weighted by atomic mass is 10.0. The van der Waals surface area contributed by atoms with Crippen LogP contribution >= 0.6 is 12.2 Å². The van der Waals surface area contributed by atoms with E-state index in [4.69, 9.17) is 12.2 Å². The van der Waals surface area contributed by atoms with Crippen LogP contribution in [-0.2, 0) is 19.4 Å². The molecule has 1 aromatic heterocycles. The quantitative estimate of drug-likeness (QED) is 0.427. The normalized spacial score (nSPS) is 10.8. The average molecular weight is 371 g/mol. The molecule has 1 heterocycles. The number of hydrogen-bond donors (Lipinski definition) is 1. The first-order valence-corrected chi connectivity index (χ1v) is 9.63. The SMILES string of the molecule is S=c1[nH]c(Cc2ccccc2)c(Cc2ccccc2)n1Cc1ccccc1. The van der Waals surface area contributed by atoms with E-state index in [-0.39, 0.29) is 0 Å². The van der Waals surface area contributed by atoms with E-state index in [0.29, 0.717) is 0 Å². The van der Waals surface area contributed by atoms with Crippen molar-refractivity contribution in [3.63, 3.8) is 0 Å². The topological polar surface area (TPSA) is 20.7 Å². The molecule has 0 saturated heterocycles. The van der Waals surface area contributed by atoms with Gasteiger partial charge in [-0.25, -0.2) is 0 Å². The molecule has 1 N–H and O–H groups in total. The molecule has 3 heteroatoms. The lowest BCUT2D eigenvalue weighted by Gasteiger charge is -2.11. The third-order valence-electron chi connectivity index (χ3n) is 4.80. The molecule has 0 aliphatic heterocycles. The molecular weight excluding hydrogens is 348 g/mol. The summed E-state index contributed by atoms with van der Waals surface area (Å²) in [7, 11) is 0. The number of aromatic amines is 1. The Morgan fingerprint density at radius 2 is 1.11 bits per heavy atom. The van der Waals surface area contributed by atoms with Gasteiger partial charge >= 0.3 is 0 Å². The van der Waals surface area contributed by atoms with Crippen molar-refractivity contribution in [3.05, 3.63) is 124 Å². The van der Waals surface area contributed by atoms with E-state index < -0.39 is 0 Å². The van der Waals surface area contributed by atoms with Crippen LogP contribution in [0.2, 0.25) is 0 Å². The van der Waals surface area contributed by atoms with Gasteiger partial charge < -0.3 is 9.55 Å². The zero-order chi connectivity index (χ0) is 18.5. The van der Waals surface area contributed by atoms with Crippen molar-refractivity contribution >= 4 is 12.2 Å². The zero-order valence-electron chi connectivity index (χ0n) is 15.1. The Morgan fingerprint density at radius 3 is 1.67 bits per heavy atom. The number of aromatic nitrogens is 2. The number of H-pyrrole nitrogens is 1. The molecule has 0 aliphatic rings. The van der Waals surface area contributed by atoms with E-state index >= 15 is 0 Å². The fraction of sp³-hybridized carbons (Fsp3) is 0.125. The summed E-state index contributed by atoms with van der Waals surface area (Å²) in [4.78, 5) is 3.48. The average Bonchev–Trinajstić information content (AvgIpc) is 2.99. The van der Waals surface area contributed by atoms with E-state index in [9.17, 15) is 0 Å². The molecule has 0 bridgehead atoms. The van der Waals surface area contributed by atoms with Crippen LogP contribution in [0.1, 0.15) is 28.1 Å². The van der Waals surface area contributed by atoms with Crippen molar-refractivity contribution in [2.24, 2.45) is 0 Å². The van der Waals surface area contributed by atoms with Crippen molar-refractivity contribution < 1.29 is 0 Å². The highest BCUT2D eigenvalue weighted by molar-refractivity contribution is 7.71. The summed E-state index contributed by atoms with van der Waals surface area (Å²) in [5.41, 5.74) is 6.30. The summed E-state index contributed by atoms with van der Waals surface area (Å²) in [6, 6.07) is 31.6. The molecule has 4 rings (SSSR count). The Morgan fingerprint density at radius 1 is 0.630 bits per heavy atom. The third-order valence-corrected chi connectivity index (χ3v) is 5.12. The molecule has 0 aliphatic carbocycles. The molecule has 0 spiro atoms. The predicted molar refractivity (Wildman–Crippen MR) is 114 cm³/mol. The fourth-order valence-electron chi connectivity index (χ4n) is 3.42. The maximum atomic E-state index is 5.70. The number of benzene rings is 3. The van der Waals surface area contributed by atoms with Crippen LogP contribution in [0.5, 0.6) is 0 Å². The van der Waals surface area contributed by atoms with Gasteiger partial charge in [0.15, 0.2) is 4.77 Å². The van der Waals surface area contributed by atoms with Gasteiger partial charge in [0.1, 0.15) is 0 Å². The second-order valence-corrected chi connectivity index (χ2v) is 7.14. The van der Waals surface area contributed by atoms with Crippen molar-refractivity contribution in [2.45, 2.75) is 19.4 Å². The molecule has 2 nitrogen and oxygen atoms in total. The molecule has 134 valence electrons. The first-order chi connectivity index (χ1) is 13.3. The van der Waals surface area contributed by atoms with E-state index in [0.717, 1.165) is 24.2 Å². The Balaban J connectivity index is 1.74. The van der Waals surface area contributed by atoms with Crippen LogP contribution in [0.4, 0.5) is 0 Å². The molecule has 0 fully saturated rings. The molecular formula is C24H22N2S. The summed E-state index contributed by atoms with van der Waals surface area (Å²) in [6.07, 6.45) is 1.72. The second-order valence-electron chi connectivity index (χ2n) is 6.75. The van der Waals surface area contributed by atoms with Gasteiger partial charge in [0.05, 0.1) is 6.54 Å². The van der Waals surface area contributed by atoms with E-state index in [2.05, 4.69) is 94.5 Å². The van der Waals surface area contributed by atoms with Gasteiger partial charge in [0.25, 0.3) is 0 Å². The smallest absolute Gasteiger partial charge is 0.177 e. The third kappa shape index (κ3) is 4.26. The standard InChI is InChI=1S/C24H22N2S/c27-24-25-22(16-19-10-4-1-5-11-19)23(17-20-12-6-2-7-13-20)26(24)18-21-14-8-3-9-15-21/h1-15H,16-18H2,(H,25,27). The number of rotatable bonds is 6. The van der Waals surface area contributed by atoms with Crippen molar-refractivity contribution in [1.29, 1.82) is 0 Å². The van der Waals surface area contributed by atoms with Crippen molar-refractivity contribution in [3.8, 4) is 0 Å². The second kappa shape index (κ2) is 8.19. The van der Waals surface area contributed by atoms with E-state index in [1.807, 2.05) is 6.07 Å². The van der Waals surface area contributed by atoms with Gasteiger partial charge in [-0.3, -0.25) is 0 Å². The lowest BCUT2D eigenvalue weighted by Crippen LogP contribution is -2.07. The lowest BCUT2D eigenvalue weighted by molar-refractivity contribution is 0.739. The van der Waals surface area contributed by atoms with Gasteiger partial charge in [0, 0.05) is 24.2 Å². The largest absolute Gasteiger partial charge is 0.334 e. The number of nitrogens with one attached hydrogen (secondary N) is 1. The molecule has 27 heavy (non-hydrogen) atoms. The van der Waals surface area contributed by atoms with Crippen molar-refractivity contribution in [2.75, 3.05) is 0 Å². The monoisotopic (exact) mass is 370 g/mol. The van der Waals surface area contributed by atoms with E-state index in [1.165, 1.54) is 28.1 Å². The highest BCUT2D eigenvalue weighted by atomic mass is 32.1. The number of hydrogen-bond acceptors (Lipinski definition) is 1. The number of imidazole rings is 1. The van der Waals surface area contributed by atoms with Crippen LogP contribution in [-0.4, -0.2) is 9.55 Å². The molecule has 0 saturated carbocycles. The first-order valence-electron chi connectivity index (χ1n) is 9.22. The van der Waals surface area contributed by atoms with Crippen LogP contribution in [0.25, 0.3) is 0 Å². The minimum atomic E-state index is 0.785. The van der Waals surface area contributed by atoms with Crippen molar-refractivity contribution in [1.82, 2.24) is 9.55 Å². The minimum absolute atomic E-state index is 0.785. The molecule has 0 atom stereocenters. The Bertz CT molecular complexity index is 1050. The summed E-state index contributed by atoms with van der Waals surface area (Å²) in [6.45, 7) is 0.785. The molecule has 0 unspecified atom stereocenters. The van der Waals surface area contributed by atoms with Gasteiger partial charge in [-0.15, -0.1) is 0 Å². The maximum absolute atomic E-state index is 5.70. The van der Waals surface area contributed by atoms with Crippen LogP contribution < -0.4 is 0 Å². The minimum Gasteiger partial charge on any atom is -0.334 e. The summed E-state index contributed by atoms with van der Waals surface area (Å²) >= 11 is 5.70. The van der Waals surface area contributed by atoms with E-state index in [1.54, 1.807) is 0 Å². The van der Waals surface area contributed by atoms with Gasteiger partial charge in [-0.2, -0.15) is 0 Å². The Kier molecular flexibility index (Phi) is 5.31. The maximum Gasteiger partial charge on any atom is 0.177 e. The van der Waals surface area contributed by atoms with Gasteiger partial charge in [-0.05, 0) is 28.9 Å². The first kappa shape index (κ1) is 17.5. The molecule has 3 aromatic carbocycles. The van der Waals surface area contributed by atoms with Gasteiger partial charge in [0.2, 0.25) is 0 Å². The van der Waals surface area contributed by atoms with Crippen LogP contribution in [0, 0.1) is 4.77 Å². The number of nitrogens with zero attached hydrogens (tertiary/aromatic N) is 1.